The number of carbonyl (C=O) groups is 3. The summed E-state index contributed by atoms with van der Waals surface area (Å²) >= 11 is 1.03. The fraction of sp³-hybridized carbons (Fsp3) is 0.0526. The van der Waals surface area contributed by atoms with Gasteiger partial charge in [0.2, 0.25) is 0 Å². The number of allylic oxidation sites excluding steroid dienone is 1. The highest BCUT2D eigenvalue weighted by Crippen LogP contribution is 2.37. The van der Waals surface area contributed by atoms with Crippen molar-refractivity contribution in [1.82, 2.24) is 0 Å². The van der Waals surface area contributed by atoms with E-state index < -0.39 is 5.78 Å². The van der Waals surface area contributed by atoms with Crippen LogP contribution in [0.5, 0.6) is 0 Å². The maximum absolute atomic E-state index is 12.8. The predicted octanol–water partition coefficient (Wildman–Crippen LogP) is 3.44. The Balaban J connectivity index is 2.10. The zero-order chi connectivity index (χ0) is 17.8. The van der Waals surface area contributed by atoms with Crippen molar-refractivity contribution in [1.29, 1.82) is 0 Å². The Hall–Kier alpha value is -2.99. The second-order valence-electron chi connectivity index (χ2n) is 5.24. The van der Waals surface area contributed by atoms with Gasteiger partial charge in [0.05, 0.1) is 11.3 Å². The molecule has 0 aliphatic carbocycles. The summed E-state index contributed by atoms with van der Waals surface area (Å²) in [5, 5.41) is 6.31. The Morgan fingerprint density at radius 2 is 1.60 bits per heavy atom. The van der Waals surface area contributed by atoms with Crippen LogP contribution in [-0.4, -0.2) is 22.9 Å². The highest BCUT2D eigenvalue weighted by Gasteiger charge is 2.31. The zero-order valence-electron chi connectivity index (χ0n) is 13.4. The molecule has 25 heavy (non-hydrogen) atoms. The molecule has 5 nitrogen and oxygen atoms in total. The maximum Gasteiger partial charge on any atom is 0.199 e. The number of hydrogen-bond donors (Lipinski definition) is 0. The van der Waals surface area contributed by atoms with Crippen molar-refractivity contribution >= 4 is 40.3 Å². The molecular weight excluding hydrogens is 336 g/mol. The van der Waals surface area contributed by atoms with Gasteiger partial charge >= 0.3 is 0 Å². The van der Waals surface area contributed by atoms with Crippen molar-refractivity contribution in [3.8, 4) is 0 Å². The van der Waals surface area contributed by atoms with Crippen LogP contribution >= 0.6 is 11.8 Å². The molecule has 1 heterocycles. The fourth-order valence-corrected chi connectivity index (χ4v) is 3.23. The molecule has 1 aliphatic heterocycles. The van der Waals surface area contributed by atoms with Crippen LogP contribution < -0.4 is 5.01 Å². The molecule has 0 bridgehead atoms. The smallest absolute Gasteiger partial charge is 0.199 e. The van der Waals surface area contributed by atoms with Gasteiger partial charge in [-0.05, 0) is 23.9 Å². The Kier molecular flexibility index (Phi) is 4.90. The number of hydrazone groups is 1. The minimum Gasteiger partial charge on any atom is -0.298 e. The second-order valence-corrected chi connectivity index (χ2v) is 6.22. The molecule has 1 aliphatic rings. The van der Waals surface area contributed by atoms with Crippen molar-refractivity contribution < 1.29 is 14.4 Å². The van der Waals surface area contributed by atoms with E-state index in [9.17, 15) is 14.4 Å². The summed E-state index contributed by atoms with van der Waals surface area (Å²) in [5.41, 5.74) is 1.04. The third kappa shape index (κ3) is 3.44. The first-order valence-electron chi connectivity index (χ1n) is 7.53. The largest absolute Gasteiger partial charge is 0.298 e. The van der Waals surface area contributed by atoms with Crippen molar-refractivity contribution in [3.05, 3.63) is 76.8 Å². The number of nitrogens with zero attached hydrogens (tertiary/aromatic N) is 2. The fourth-order valence-electron chi connectivity index (χ4n) is 2.29. The van der Waals surface area contributed by atoms with Crippen LogP contribution in [0, 0.1) is 0 Å². The molecule has 0 atom stereocenters. The molecule has 0 N–H and O–H groups in total. The number of para-hydroxylation sites is 1. The maximum atomic E-state index is 12.8. The monoisotopic (exact) mass is 350 g/mol. The Morgan fingerprint density at radius 1 is 1.00 bits per heavy atom. The number of hydrogen-bond acceptors (Lipinski definition) is 6. The van der Waals surface area contributed by atoms with E-state index in [0.717, 1.165) is 11.8 Å². The zero-order valence-corrected chi connectivity index (χ0v) is 14.2. The van der Waals surface area contributed by atoms with Gasteiger partial charge in [0.15, 0.2) is 22.9 Å². The van der Waals surface area contributed by atoms with Crippen molar-refractivity contribution in [2.24, 2.45) is 5.10 Å². The van der Waals surface area contributed by atoms with E-state index >= 15 is 0 Å². The predicted molar refractivity (Wildman–Crippen MR) is 98.5 cm³/mol. The summed E-state index contributed by atoms with van der Waals surface area (Å²) in [5.74, 6) is -0.627. The first-order chi connectivity index (χ1) is 12.1. The lowest BCUT2D eigenvalue weighted by molar-refractivity contribution is -0.110. The molecule has 0 aromatic heterocycles. The SMILES string of the molecule is CC(=O)C1=NN(c2ccccc2)/C(=C(/C=O)C(=O)c2ccccc2)S1. The molecule has 0 unspecified atom stereocenters. The topological polar surface area (TPSA) is 66.8 Å². The highest BCUT2D eigenvalue weighted by molar-refractivity contribution is 8.19. The van der Waals surface area contributed by atoms with Gasteiger partial charge in [-0.1, -0.05) is 48.5 Å². The van der Waals surface area contributed by atoms with Crippen molar-refractivity contribution in [2.45, 2.75) is 6.92 Å². The van der Waals surface area contributed by atoms with E-state index in [2.05, 4.69) is 5.10 Å². The van der Waals surface area contributed by atoms with E-state index in [1.165, 1.54) is 11.9 Å². The van der Waals surface area contributed by atoms with Gasteiger partial charge in [-0.2, -0.15) is 5.10 Å². The normalized spacial score (nSPS) is 15.6. The van der Waals surface area contributed by atoms with E-state index in [1.807, 2.05) is 18.2 Å². The second kappa shape index (κ2) is 7.27. The van der Waals surface area contributed by atoms with E-state index in [-0.39, 0.29) is 16.4 Å². The first kappa shape index (κ1) is 16.9. The van der Waals surface area contributed by atoms with Crippen molar-refractivity contribution in [2.75, 3.05) is 5.01 Å². The van der Waals surface area contributed by atoms with Gasteiger partial charge in [-0.15, -0.1) is 0 Å². The van der Waals surface area contributed by atoms with E-state index in [1.54, 1.807) is 42.5 Å². The number of thioether (sulfide) groups is 1. The molecule has 0 radical (unpaired) electrons. The van der Waals surface area contributed by atoms with Gasteiger partial charge < -0.3 is 0 Å². The van der Waals surface area contributed by atoms with Gasteiger partial charge in [-0.25, -0.2) is 5.01 Å². The van der Waals surface area contributed by atoms with Crippen LogP contribution in [0.2, 0.25) is 0 Å². The number of rotatable bonds is 5. The number of aldehydes is 1. The summed E-state index contributed by atoms with van der Waals surface area (Å²) in [7, 11) is 0. The molecule has 0 spiro atoms. The lowest BCUT2D eigenvalue weighted by atomic mass is 10.1. The third-order valence-electron chi connectivity index (χ3n) is 3.51. The summed E-state index contributed by atoms with van der Waals surface area (Å²) in [6.07, 6.45) is 0.520. The van der Waals surface area contributed by atoms with Crippen LogP contribution in [-0.2, 0) is 9.59 Å². The molecule has 2 aromatic carbocycles. The van der Waals surface area contributed by atoms with Crippen LogP contribution in [0.25, 0.3) is 0 Å². The molecule has 0 saturated heterocycles. The molecule has 3 rings (SSSR count). The number of ketones is 2. The lowest BCUT2D eigenvalue weighted by Crippen LogP contribution is -2.16. The first-order valence-corrected chi connectivity index (χ1v) is 8.35. The van der Waals surface area contributed by atoms with Gasteiger partial charge in [0.1, 0.15) is 5.03 Å². The molecule has 0 amide bonds. The molecule has 6 heteroatoms. The summed E-state index contributed by atoms with van der Waals surface area (Å²) in [4.78, 5) is 36.2. The van der Waals surface area contributed by atoms with E-state index in [4.69, 9.17) is 0 Å². The van der Waals surface area contributed by atoms with Gasteiger partial charge in [0.25, 0.3) is 0 Å². The number of carbonyl (C=O) groups excluding carboxylic acids is 3. The van der Waals surface area contributed by atoms with E-state index in [0.29, 0.717) is 22.6 Å². The average molecular weight is 350 g/mol. The minimum atomic E-state index is -0.404. The van der Waals surface area contributed by atoms with Crippen LogP contribution in [0.1, 0.15) is 17.3 Å². The van der Waals surface area contributed by atoms with Crippen LogP contribution in [0.4, 0.5) is 5.69 Å². The number of Topliss-reactive ketones (excluding diaryl/α,β-unsaturated/α-hetero) is 2. The average Bonchev–Trinajstić information content (AvgIpc) is 3.09. The third-order valence-corrected chi connectivity index (χ3v) is 4.66. The summed E-state index contributed by atoms with van der Waals surface area (Å²) in [6, 6.07) is 17.6. The number of anilines is 1. The summed E-state index contributed by atoms with van der Waals surface area (Å²) < 4.78 is 0. The lowest BCUT2D eigenvalue weighted by Gasteiger charge is -2.16. The highest BCUT2D eigenvalue weighted by atomic mass is 32.2. The quantitative estimate of drug-likeness (QED) is 0.272. The molecule has 124 valence electrons. The molecule has 0 fully saturated rings. The Labute approximate surface area is 149 Å². The summed E-state index contributed by atoms with van der Waals surface area (Å²) in [6.45, 7) is 1.40. The molecule has 0 saturated carbocycles. The van der Waals surface area contributed by atoms with Gasteiger partial charge in [0, 0.05) is 12.5 Å². The van der Waals surface area contributed by atoms with Crippen molar-refractivity contribution in [3.63, 3.8) is 0 Å². The molecule has 2 aromatic rings. The van der Waals surface area contributed by atoms with Gasteiger partial charge in [-0.3, -0.25) is 14.4 Å². The van der Waals surface area contributed by atoms with Crippen LogP contribution in [0.15, 0.2) is 76.4 Å². The standard InChI is InChI=1S/C19H14N2O3S/c1-13(23)18-20-21(15-10-6-3-7-11-15)19(25-18)16(12-22)17(24)14-8-4-2-5-9-14/h2-12H,1H3/b19-16+. The Morgan fingerprint density at radius 3 is 2.16 bits per heavy atom. The Bertz CT molecular complexity index is 889. The van der Waals surface area contributed by atoms with Crippen LogP contribution in [0.3, 0.4) is 0 Å². The molecular formula is C19H14N2O3S. The number of benzene rings is 2. The minimum absolute atomic E-state index is 0.0277.